The Bertz CT molecular complexity index is 769. The summed E-state index contributed by atoms with van der Waals surface area (Å²) in [6, 6.07) is 15.9. The molecule has 1 aliphatic rings. The number of benzene rings is 2. The maximum atomic E-state index is 12.7. The van der Waals surface area contributed by atoms with Crippen molar-refractivity contribution in [3.8, 4) is 0 Å². The molecule has 6 nitrogen and oxygen atoms in total. The molecule has 0 aliphatic carbocycles. The van der Waals surface area contributed by atoms with E-state index < -0.39 is 12.1 Å². The first-order valence-corrected chi connectivity index (χ1v) is 8.05. The van der Waals surface area contributed by atoms with Crippen molar-refractivity contribution < 1.29 is 19.5 Å². The first kappa shape index (κ1) is 16.7. The van der Waals surface area contributed by atoms with E-state index in [0.717, 1.165) is 5.56 Å². The van der Waals surface area contributed by atoms with Crippen LogP contribution in [0.3, 0.4) is 0 Å². The van der Waals surface area contributed by atoms with Crippen molar-refractivity contribution in [1.82, 2.24) is 10.2 Å². The molecule has 0 fully saturated rings. The number of carbonyl (C=O) groups excluding carboxylic acids is 2. The Balaban J connectivity index is 1.85. The molecule has 0 bridgehead atoms. The lowest BCUT2D eigenvalue weighted by molar-refractivity contribution is 0.0576. The quantitative estimate of drug-likeness (QED) is 0.793. The van der Waals surface area contributed by atoms with Crippen molar-refractivity contribution >= 4 is 17.9 Å². The van der Waals surface area contributed by atoms with E-state index in [1.54, 1.807) is 24.3 Å². The number of rotatable bonds is 6. The zero-order chi connectivity index (χ0) is 17.8. The summed E-state index contributed by atoms with van der Waals surface area (Å²) in [5.74, 6) is -0.645. The number of carboxylic acid groups (broad SMARTS) is 1. The molecule has 1 heterocycles. The number of fused-ring (bicyclic) bond motifs is 1. The number of nitrogens with one attached hydrogen (secondary N) is 1. The maximum absolute atomic E-state index is 12.7. The van der Waals surface area contributed by atoms with E-state index in [1.165, 1.54) is 4.90 Å². The van der Waals surface area contributed by atoms with E-state index in [0.29, 0.717) is 24.0 Å². The van der Waals surface area contributed by atoms with E-state index in [9.17, 15) is 14.4 Å². The first-order valence-electron chi connectivity index (χ1n) is 8.05. The molecule has 1 atom stereocenters. The molecule has 25 heavy (non-hydrogen) atoms. The third-order valence-corrected chi connectivity index (χ3v) is 4.26. The van der Waals surface area contributed by atoms with Gasteiger partial charge in [0.15, 0.2) is 0 Å². The van der Waals surface area contributed by atoms with Crippen molar-refractivity contribution in [2.75, 3.05) is 6.54 Å². The highest BCUT2D eigenvalue weighted by molar-refractivity contribution is 6.21. The summed E-state index contributed by atoms with van der Waals surface area (Å²) in [7, 11) is 0. The van der Waals surface area contributed by atoms with Crippen LogP contribution in [0, 0.1) is 0 Å². The van der Waals surface area contributed by atoms with Crippen LogP contribution in [-0.4, -0.2) is 40.5 Å². The summed E-state index contributed by atoms with van der Waals surface area (Å²) in [6.45, 7) is 0.167. The summed E-state index contributed by atoms with van der Waals surface area (Å²) < 4.78 is 0. The fourth-order valence-electron chi connectivity index (χ4n) is 3.09. The van der Waals surface area contributed by atoms with Crippen molar-refractivity contribution in [2.24, 2.45) is 0 Å². The normalized spacial score (nSPS) is 14.3. The van der Waals surface area contributed by atoms with Gasteiger partial charge in [0.1, 0.15) is 0 Å². The topological polar surface area (TPSA) is 86.7 Å². The van der Waals surface area contributed by atoms with Crippen molar-refractivity contribution in [3.63, 3.8) is 0 Å². The van der Waals surface area contributed by atoms with E-state index in [4.69, 9.17) is 5.11 Å². The zero-order valence-corrected chi connectivity index (χ0v) is 13.5. The van der Waals surface area contributed by atoms with Gasteiger partial charge in [0, 0.05) is 12.6 Å². The minimum atomic E-state index is -1.12. The van der Waals surface area contributed by atoms with Gasteiger partial charge >= 0.3 is 6.09 Å². The van der Waals surface area contributed by atoms with E-state index >= 15 is 0 Å². The Morgan fingerprint density at radius 2 is 1.52 bits per heavy atom. The Morgan fingerprint density at radius 1 is 0.960 bits per heavy atom. The molecule has 2 N–H and O–H groups in total. The second-order valence-corrected chi connectivity index (χ2v) is 5.89. The monoisotopic (exact) mass is 338 g/mol. The van der Waals surface area contributed by atoms with Gasteiger partial charge in [-0.25, -0.2) is 4.79 Å². The summed E-state index contributed by atoms with van der Waals surface area (Å²) in [5, 5.41) is 11.1. The SMILES string of the molecule is O=C(O)NCCC(Cc1ccccc1)N1C(=O)c2ccccc2C1=O. The lowest BCUT2D eigenvalue weighted by Crippen LogP contribution is -2.43. The fourth-order valence-corrected chi connectivity index (χ4v) is 3.09. The van der Waals surface area contributed by atoms with Crippen LogP contribution in [0.1, 0.15) is 32.7 Å². The lowest BCUT2D eigenvalue weighted by atomic mass is 10.0. The van der Waals surface area contributed by atoms with E-state index in [-0.39, 0.29) is 18.4 Å². The third-order valence-electron chi connectivity index (χ3n) is 4.26. The molecule has 128 valence electrons. The Kier molecular flexibility index (Phi) is 4.79. The van der Waals surface area contributed by atoms with Gasteiger partial charge in [0.25, 0.3) is 11.8 Å². The summed E-state index contributed by atoms with van der Waals surface area (Å²) in [6.07, 6.45) is -0.291. The summed E-state index contributed by atoms with van der Waals surface area (Å²) in [5.41, 5.74) is 1.79. The molecule has 1 aliphatic heterocycles. The average Bonchev–Trinajstić information content (AvgIpc) is 2.86. The molecule has 3 rings (SSSR count). The molecule has 3 amide bonds. The number of hydrogen-bond donors (Lipinski definition) is 2. The fraction of sp³-hybridized carbons (Fsp3) is 0.211. The number of imide groups is 1. The molecular weight excluding hydrogens is 320 g/mol. The number of carbonyl (C=O) groups is 3. The molecule has 0 aromatic heterocycles. The predicted molar refractivity (Wildman–Crippen MR) is 91.5 cm³/mol. The highest BCUT2D eigenvalue weighted by Crippen LogP contribution is 2.27. The minimum Gasteiger partial charge on any atom is -0.465 e. The van der Waals surface area contributed by atoms with Crippen LogP contribution in [0.2, 0.25) is 0 Å². The predicted octanol–water partition coefficient (Wildman–Crippen LogP) is 2.55. The number of hydrogen-bond acceptors (Lipinski definition) is 3. The van der Waals surface area contributed by atoms with Crippen molar-refractivity contribution in [2.45, 2.75) is 18.9 Å². The Labute approximate surface area is 145 Å². The third kappa shape index (κ3) is 3.52. The van der Waals surface area contributed by atoms with Crippen LogP contribution in [0.5, 0.6) is 0 Å². The van der Waals surface area contributed by atoms with Gasteiger partial charge in [0.05, 0.1) is 11.1 Å². The van der Waals surface area contributed by atoms with Gasteiger partial charge in [-0.15, -0.1) is 0 Å². The first-order chi connectivity index (χ1) is 12.1. The van der Waals surface area contributed by atoms with Crippen LogP contribution in [0.4, 0.5) is 4.79 Å². The lowest BCUT2D eigenvalue weighted by Gasteiger charge is -2.26. The van der Waals surface area contributed by atoms with Gasteiger partial charge < -0.3 is 10.4 Å². The molecule has 1 unspecified atom stereocenters. The van der Waals surface area contributed by atoms with Gasteiger partial charge in [-0.2, -0.15) is 0 Å². The van der Waals surface area contributed by atoms with Crippen LogP contribution in [0.15, 0.2) is 54.6 Å². The standard InChI is InChI=1S/C19H18N2O4/c22-17-15-8-4-5-9-16(15)18(23)21(17)14(10-11-20-19(24)25)12-13-6-2-1-3-7-13/h1-9,14,20H,10-12H2,(H,24,25). The Hall–Kier alpha value is -3.15. The largest absolute Gasteiger partial charge is 0.465 e. The van der Waals surface area contributed by atoms with Crippen molar-refractivity contribution in [1.29, 1.82) is 0 Å². The minimum absolute atomic E-state index is 0.167. The van der Waals surface area contributed by atoms with Crippen LogP contribution in [0.25, 0.3) is 0 Å². The van der Waals surface area contributed by atoms with Gasteiger partial charge in [-0.05, 0) is 30.5 Å². The van der Waals surface area contributed by atoms with Crippen LogP contribution >= 0.6 is 0 Å². The molecule has 0 spiro atoms. The van der Waals surface area contributed by atoms with Crippen LogP contribution < -0.4 is 5.32 Å². The maximum Gasteiger partial charge on any atom is 0.404 e. The highest BCUT2D eigenvalue weighted by atomic mass is 16.4. The molecule has 6 heteroatoms. The van der Waals surface area contributed by atoms with E-state index in [2.05, 4.69) is 5.32 Å². The molecule has 0 radical (unpaired) electrons. The number of amides is 3. The number of nitrogens with zero attached hydrogens (tertiary/aromatic N) is 1. The van der Waals surface area contributed by atoms with Gasteiger partial charge in [0.2, 0.25) is 0 Å². The summed E-state index contributed by atoms with van der Waals surface area (Å²) >= 11 is 0. The smallest absolute Gasteiger partial charge is 0.404 e. The van der Waals surface area contributed by atoms with Gasteiger partial charge in [-0.1, -0.05) is 42.5 Å². The molecular formula is C19H18N2O4. The van der Waals surface area contributed by atoms with Crippen LogP contribution in [-0.2, 0) is 6.42 Å². The molecule has 2 aromatic rings. The average molecular weight is 338 g/mol. The molecule has 0 saturated carbocycles. The Morgan fingerprint density at radius 3 is 2.08 bits per heavy atom. The van der Waals surface area contributed by atoms with Gasteiger partial charge in [-0.3, -0.25) is 14.5 Å². The second-order valence-electron chi connectivity index (χ2n) is 5.89. The van der Waals surface area contributed by atoms with E-state index in [1.807, 2.05) is 30.3 Å². The summed E-state index contributed by atoms with van der Waals surface area (Å²) in [4.78, 5) is 37.4. The molecule has 0 saturated heterocycles. The van der Waals surface area contributed by atoms with Crippen molar-refractivity contribution in [3.05, 3.63) is 71.3 Å². The molecule has 2 aromatic carbocycles. The second kappa shape index (κ2) is 7.17. The zero-order valence-electron chi connectivity index (χ0n) is 13.5. The highest BCUT2D eigenvalue weighted by Gasteiger charge is 2.39.